The Morgan fingerprint density at radius 3 is 2.47 bits per heavy atom. The minimum Gasteiger partial charge on any atom is -0.318 e. The van der Waals surface area contributed by atoms with Crippen LogP contribution in [-0.4, -0.2) is 10.1 Å². The maximum absolute atomic E-state index is 3.67. The van der Waals surface area contributed by atoms with Crippen molar-refractivity contribution in [2.45, 2.75) is 45.7 Å². The van der Waals surface area contributed by atoms with Crippen LogP contribution >= 0.6 is 0 Å². The highest BCUT2D eigenvalue weighted by Gasteiger charge is 2.36. The van der Waals surface area contributed by atoms with Crippen LogP contribution in [0.4, 0.5) is 0 Å². The van der Waals surface area contributed by atoms with Crippen molar-refractivity contribution in [3.63, 3.8) is 0 Å². The van der Waals surface area contributed by atoms with Gasteiger partial charge in [0.2, 0.25) is 0 Å². The molecule has 0 saturated heterocycles. The van der Waals surface area contributed by atoms with Crippen molar-refractivity contribution in [3.8, 4) is 5.69 Å². The van der Waals surface area contributed by atoms with E-state index in [1.54, 1.807) is 0 Å². The van der Waals surface area contributed by atoms with Gasteiger partial charge in [-0.1, -0.05) is 18.2 Å². The summed E-state index contributed by atoms with van der Waals surface area (Å²) in [5.41, 5.74) is 5.72. The lowest BCUT2D eigenvalue weighted by Crippen LogP contribution is -2.27. The van der Waals surface area contributed by atoms with Crippen LogP contribution in [0.1, 0.15) is 36.7 Å². The molecule has 0 amide bonds. The molecule has 1 aliphatic rings. The molecule has 1 fully saturated rings. The second kappa shape index (κ2) is 4.53. The summed E-state index contributed by atoms with van der Waals surface area (Å²) in [4.78, 5) is 0. The predicted molar refractivity (Wildman–Crippen MR) is 79.7 cm³/mol. The highest BCUT2D eigenvalue weighted by molar-refractivity contribution is 5.41. The van der Waals surface area contributed by atoms with E-state index in [1.165, 1.54) is 35.5 Å². The number of hydrogen-bond acceptors (Lipinski definition) is 1. The first-order chi connectivity index (χ1) is 9.09. The molecule has 1 aromatic heterocycles. The molecule has 1 N–H and O–H groups in total. The van der Waals surface area contributed by atoms with Gasteiger partial charge in [0.1, 0.15) is 0 Å². The van der Waals surface area contributed by atoms with E-state index in [9.17, 15) is 0 Å². The number of nitrogens with zero attached hydrogens (tertiary/aromatic N) is 1. The summed E-state index contributed by atoms with van der Waals surface area (Å²) < 4.78 is 2.34. The highest BCUT2D eigenvalue weighted by atomic mass is 15.0. The molecule has 0 aliphatic heterocycles. The number of benzene rings is 1. The van der Waals surface area contributed by atoms with Gasteiger partial charge in [0.25, 0.3) is 0 Å². The van der Waals surface area contributed by atoms with Gasteiger partial charge in [-0.2, -0.15) is 0 Å². The Hall–Kier alpha value is -1.54. The molecular formula is C17H22N2. The lowest BCUT2D eigenvalue weighted by atomic mass is 10.2. The Morgan fingerprint density at radius 2 is 1.84 bits per heavy atom. The lowest BCUT2D eigenvalue weighted by Gasteiger charge is -2.12. The largest absolute Gasteiger partial charge is 0.318 e. The molecule has 1 heterocycles. The van der Waals surface area contributed by atoms with Gasteiger partial charge in [-0.05, 0) is 57.4 Å². The van der Waals surface area contributed by atoms with Crippen molar-refractivity contribution in [1.82, 2.24) is 9.88 Å². The third kappa shape index (κ3) is 2.45. The molecule has 0 atom stereocenters. The minimum atomic E-state index is 0.398. The Bertz CT molecular complexity index is 577. The van der Waals surface area contributed by atoms with Crippen molar-refractivity contribution in [2.75, 3.05) is 0 Å². The van der Waals surface area contributed by atoms with Gasteiger partial charge in [-0.15, -0.1) is 0 Å². The molecule has 1 aliphatic carbocycles. The second-order valence-electron chi connectivity index (χ2n) is 5.98. The Kier molecular flexibility index (Phi) is 2.98. The van der Waals surface area contributed by atoms with Crippen LogP contribution in [0.5, 0.6) is 0 Å². The molecule has 19 heavy (non-hydrogen) atoms. The van der Waals surface area contributed by atoms with Gasteiger partial charge in [0, 0.05) is 29.2 Å². The summed E-state index contributed by atoms with van der Waals surface area (Å²) in [6.45, 7) is 7.68. The molecule has 0 radical (unpaired) electrons. The molecule has 2 nitrogen and oxygen atoms in total. The second-order valence-corrected chi connectivity index (χ2v) is 5.98. The van der Waals surface area contributed by atoms with Crippen molar-refractivity contribution in [3.05, 3.63) is 53.3 Å². The number of para-hydroxylation sites is 1. The molecule has 0 unspecified atom stereocenters. The number of hydrogen-bond donors (Lipinski definition) is 1. The molecule has 100 valence electrons. The first-order valence-electron chi connectivity index (χ1n) is 7.07. The van der Waals surface area contributed by atoms with Gasteiger partial charge in [0.05, 0.1) is 0 Å². The topological polar surface area (TPSA) is 17.0 Å². The van der Waals surface area contributed by atoms with Crippen molar-refractivity contribution < 1.29 is 0 Å². The van der Waals surface area contributed by atoms with Crippen molar-refractivity contribution in [2.24, 2.45) is 0 Å². The number of rotatable bonds is 4. The zero-order valence-corrected chi connectivity index (χ0v) is 12.0. The average molecular weight is 254 g/mol. The van der Waals surface area contributed by atoms with Crippen LogP contribution in [0, 0.1) is 13.8 Å². The van der Waals surface area contributed by atoms with Gasteiger partial charge in [-0.3, -0.25) is 0 Å². The summed E-state index contributed by atoms with van der Waals surface area (Å²) in [5.74, 6) is 0. The maximum Gasteiger partial charge on any atom is 0.0455 e. The number of aryl methyl sites for hydroxylation is 1. The monoisotopic (exact) mass is 254 g/mol. The molecule has 3 rings (SSSR count). The van der Waals surface area contributed by atoms with Crippen LogP contribution in [0.2, 0.25) is 0 Å². The predicted octanol–water partition coefficient (Wildman–Crippen LogP) is 3.74. The Balaban J connectivity index is 1.87. The van der Waals surface area contributed by atoms with E-state index in [4.69, 9.17) is 0 Å². The average Bonchev–Trinajstić information content (AvgIpc) is 3.07. The third-order valence-corrected chi connectivity index (χ3v) is 4.26. The smallest absolute Gasteiger partial charge is 0.0455 e. The van der Waals surface area contributed by atoms with E-state index in [0.717, 1.165) is 6.54 Å². The van der Waals surface area contributed by atoms with Gasteiger partial charge >= 0.3 is 0 Å². The zero-order valence-electron chi connectivity index (χ0n) is 12.0. The van der Waals surface area contributed by atoms with E-state index in [-0.39, 0.29) is 0 Å². The normalized spacial score (nSPS) is 16.6. The van der Waals surface area contributed by atoms with Crippen LogP contribution in [0.3, 0.4) is 0 Å². The summed E-state index contributed by atoms with van der Waals surface area (Å²) >= 11 is 0. The maximum atomic E-state index is 3.67. The van der Waals surface area contributed by atoms with E-state index in [1.807, 2.05) is 0 Å². The molecular weight excluding hydrogens is 232 g/mol. The lowest BCUT2D eigenvalue weighted by molar-refractivity contribution is 0.536. The molecule has 1 saturated carbocycles. The van der Waals surface area contributed by atoms with Crippen LogP contribution < -0.4 is 5.32 Å². The van der Waals surface area contributed by atoms with Crippen LogP contribution in [0.15, 0.2) is 36.4 Å². The third-order valence-electron chi connectivity index (χ3n) is 4.26. The molecule has 2 aromatic rings. The first kappa shape index (κ1) is 12.5. The Labute approximate surface area is 115 Å². The van der Waals surface area contributed by atoms with E-state index in [0.29, 0.717) is 5.54 Å². The summed E-state index contributed by atoms with van der Waals surface area (Å²) in [6, 6.07) is 12.9. The van der Waals surface area contributed by atoms with Crippen molar-refractivity contribution >= 4 is 0 Å². The number of aromatic nitrogens is 1. The molecule has 2 heteroatoms. The molecule has 1 aromatic carbocycles. The van der Waals surface area contributed by atoms with Gasteiger partial charge in [-0.25, -0.2) is 0 Å². The first-order valence-corrected chi connectivity index (χ1v) is 7.07. The standard InChI is InChI=1S/C17H22N2/c1-13-11-15(12-18-17(3)9-10-17)14(2)19(13)16-7-5-4-6-8-16/h4-8,11,18H,9-10,12H2,1-3H3. The summed E-state index contributed by atoms with van der Waals surface area (Å²) in [6.07, 6.45) is 2.62. The molecule has 0 spiro atoms. The highest BCUT2D eigenvalue weighted by Crippen LogP contribution is 2.34. The Morgan fingerprint density at radius 1 is 1.16 bits per heavy atom. The SMILES string of the molecule is Cc1cc(CNC2(C)CC2)c(C)n1-c1ccccc1. The van der Waals surface area contributed by atoms with Gasteiger partial charge in [0.15, 0.2) is 0 Å². The van der Waals surface area contributed by atoms with Crippen molar-refractivity contribution in [1.29, 1.82) is 0 Å². The van der Waals surface area contributed by atoms with E-state index in [2.05, 4.69) is 67.1 Å². The fourth-order valence-corrected chi connectivity index (χ4v) is 2.66. The summed E-state index contributed by atoms with van der Waals surface area (Å²) in [5, 5.41) is 3.67. The van der Waals surface area contributed by atoms with E-state index < -0.39 is 0 Å². The quantitative estimate of drug-likeness (QED) is 0.879. The van der Waals surface area contributed by atoms with Crippen LogP contribution in [-0.2, 0) is 6.54 Å². The number of nitrogens with one attached hydrogen (secondary N) is 1. The summed E-state index contributed by atoms with van der Waals surface area (Å²) in [7, 11) is 0. The fourth-order valence-electron chi connectivity index (χ4n) is 2.66. The minimum absolute atomic E-state index is 0.398. The zero-order chi connectivity index (χ0) is 13.5. The van der Waals surface area contributed by atoms with E-state index >= 15 is 0 Å². The van der Waals surface area contributed by atoms with Gasteiger partial charge < -0.3 is 9.88 Å². The molecule has 0 bridgehead atoms. The fraction of sp³-hybridized carbons (Fsp3) is 0.412. The van der Waals surface area contributed by atoms with Crippen LogP contribution in [0.25, 0.3) is 5.69 Å².